The van der Waals surface area contributed by atoms with Gasteiger partial charge in [0.05, 0.1) is 23.6 Å². The fourth-order valence-electron chi connectivity index (χ4n) is 4.54. The zero-order valence-corrected chi connectivity index (χ0v) is 18.3. The Morgan fingerprint density at radius 1 is 1.27 bits per heavy atom. The predicted molar refractivity (Wildman–Crippen MR) is 116 cm³/mol. The van der Waals surface area contributed by atoms with Gasteiger partial charge in [0.25, 0.3) is 5.91 Å². The quantitative estimate of drug-likeness (QED) is 0.607. The third-order valence-electron chi connectivity index (χ3n) is 6.45. The fourth-order valence-corrected chi connectivity index (χ4v) is 4.54. The summed E-state index contributed by atoms with van der Waals surface area (Å²) in [7, 11) is 0. The van der Waals surface area contributed by atoms with Crippen molar-refractivity contribution in [3.8, 4) is 5.75 Å². The third kappa shape index (κ3) is 4.44. The fraction of sp³-hybridized carbons (Fsp3) is 0.522. The largest absolute Gasteiger partial charge is 0.486 e. The highest BCUT2D eigenvalue weighted by atomic mass is 19.2. The Morgan fingerprint density at radius 2 is 2.00 bits per heavy atom. The molecule has 1 fully saturated rings. The molecule has 0 saturated heterocycles. The second kappa shape index (κ2) is 9.46. The molecule has 2 amide bonds. The Balaban J connectivity index is 1.58. The van der Waals surface area contributed by atoms with Crippen molar-refractivity contribution in [2.75, 3.05) is 19.8 Å². The van der Waals surface area contributed by atoms with Gasteiger partial charge in [-0.05, 0) is 31.7 Å². The SMILES string of the molecule is CC1COc2c(F)c(F)cc3c(=O)c(C(=O)N[C@@H](CO)C(=O)NCC4CCCCC4)cn1c23. The van der Waals surface area contributed by atoms with Gasteiger partial charge in [-0.1, -0.05) is 19.3 Å². The molecule has 178 valence electrons. The number of benzene rings is 1. The van der Waals surface area contributed by atoms with Crippen LogP contribution in [-0.4, -0.2) is 47.3 Å². The molecule has 1 saturated carbocycles. The molecule has 1 aromatic carbocycles. The molecule has 1 unspecified atom stereocenters. The van der Waals surface area contributed by atoms with E-state index in [-0.39, 0.29) is 34.9 Å². The number of ether oxygens (including phenoxy) is 1. The standard InChI is InChI=1S/C23H27F2N3O5/c1-12-11-33-21-18(25)16(24)7-14-19(21)28(12)9-15(20(14)30)22(31)27-17(10-29)23(32)26-8-13-5-3-2-4-6-13/h7,9,12-13,17,29H,2-6,8,10-11H2,1H3,(H,26,32)(H,27,31)/t12?,17-/m0/s1. The number of aromatic nitrogens is 1. The van der Waals surface area contributed by atoms with E-state index in [1.165, 1.54) is 17.2 Å². The summed E-state index contributed by atoms with van der Waals surface area (Å²) in [6.07, 6.45) is 6.71. The minimum Gasteiger partial charge on any atom is -0.486 e. The number of nitrogens with one attached hydrogen (secondary N) is 2. The zero-order valence-electron chi connectivity index (χ0n) is 18.3. The summed E-state index contributed by atoms with van der Waals surface area (Å²) in [5.74, 6) is -3.90. The second-order valence-electron chi connectivity index (χ2n) is 8.79. The van der Waals surface area contributed by atoms with Gasteiger partial charge >= 0.3 is 0 Å². The highest BCUT2D eigenvalue weighted by Gasteiger charge is 2.29. The summed E-state index contributed by atoms with van der Waals surface area (Å²) < 4.78 is 35.1. The highest BCUT2D eigenvalue weighted by molar-refractivity contribution is 6.00. The molecule has 1 aromatic heterocycles. The van der Waals surface area contributed by atoms with E-state index >= 15 is 0 Å². The van der Waals surface area contributed by atoms with E-state index in [1.54, 1.807) is 6.92 Å². The molecule has 1 aliphatic carbocycles. The van der Waals surface area contributed by atoms with Crippen LogP contribution in [0.15, 0.2) is 17.1 Å². The topological polar surface area (TPSA) is 110 Å². The van der Waals surface area contributed by atoms with Crippen LogP contribution in [0.3, 0.4) is 0 Å². The number of pyridine rings is 1. The number of aliphatic hydroxyl groups is 1. The van der Waals surface area contributed by atoms with E-state index in [9.17, 15) is 28.3 Å². The van der Waals surface area contributed by atoms with E-state index in [1.807, 2.05) is 0 Å². The summed E-state index contributed by atoms with van der Waals surface area (Å²) >= 11 is 0. The van der Waals surface area contributed by atoms with Crippen molar-refractivity contribution < 1.29 is 28.2 Å². The smallest absolute Gasteiger partial charge is 0.257 e. The maximum Gasteiger partial charge on any atom is 0.257 e. The first-order valence-corrected chi connectivity index (χ1v) is 11.2. The van der Waals surface area contributed by atoms with Crippen LogP contribution in [0.2, 0.25) is 0 Å². The van der Waals surface area contributed by atoms with E-state index in [2.05, 4.69) is 10.6 Å². The number of carbonyl (C=O) groups is 2. The summed E-state index contributed by atoms with van der Waals surface area (Å²) in [5, 5.41) is 14.6. The van der Waals surface area contributed by atoms with Gasteiger partial charge in [-0.15, -0.1) is 0 Å². The lowest BCUT2D eigenvalue weighted by Crippen LogP contribution is -2.50. The van der Waals surface area contributed by atoms with Crippen LogP contribution in [0.4, 0.5) is 8.78 Å². The van der Waals surface area contributed by atoms with Crippen LogP contribution in [-0.2, 0) is 4.79 Å². The van der Waals surface area contributed by atoms with Gasteiger partial charge in [-0.3, -0.25) is 14.4 Å². The molecule has 0 bridgehead atoms. The van der Waals surface area contributed by atoms with Crippen molar-refractivity contribution in [3.63, 3.8) is 0 Å². The van der Waals surface area contributed by atoms with Crippen LogP contribution in [0, 0.1) is 17.6 Å². The monoisotopic (exact) mass is 463 g/mol. The number of hydrogen-bond acceptors (Lipinski definition) is 5. The van der Waals surface area contributed by atoms with Crippen LogP contribution in [0.1, 0.15) is 55.4 Å². The van der Waals surface area contributed by atoms with Gasteiger partial charge in [-0.2, -0.15) is 4.39 Å². The summed E-state index contributed by atoms with van der Waals surface area (Å²) in [6.45, 7) is 1.57. The molecule has 4 rings (SSSR count). The maximum atomic E-state index is 14.2. The minimum atomic E-state index is -1.26. The Kier molecular flexibility index (Phi) is 6.64. The van der Waals surface area contributed by atoms with Crippen LogP contribution < -0.4 is 20.8 Å². The van der Waals surface area contributed by atoms with Gasteiger partial charge in [0.2, 0.25) is 17.2 Å². The van der Waals surface area contributed by atoms with E-state index in [4.69, 9.17) is 4.74 Å². The molecule has 3 N–H and O–H groups in total. The molecule has 2 aromatic rings. The third-order valence-corrected chi connectivity index (χ3v) is 6.45. The molecule has 2 atom stereocenters. The molecule has 1 aliphatic heterocycles. The average molecular weight is 463 g/mol. The molecule has 8 nitrogen and oxygen atoms in total. The Morgan fingerprint density at radius 3 is 2.70 bits per heavy atom. The number of hydrogen-bond donors (Lipinski definition) is 3. The lowest BCUT2D eigenvalue weighted by Gasteiger charge is -2.27. The molecule has 10 heteroatoms. The average Bonchev–Trinajstić information content (AvgIpc) is 2.82. The Bertz CT molecular complexity index is 1140. The zero-order chi connectivity index (χ0) is 23.7. The van der Waals surface area contributed by atoms with Gasteiger partial charge in [-0.25, -0.2) is 4.39 Å². The molecule has 0 radical (unpaired) electrons. The van der Waals surface area contributed by atoms with E-state index < -0.39 is 41.5 Å². The number of aliphatic hydroxyl groups excluding tert-OH is 1. The van der Waals surface area contributed by atoms with Crippen molar-refractivity contribution in [2.45, 2.75) is 51.1 Å². The first-order chi connectivity index (χ1) is 15.8. The first kappa shape index (κ1) is 23.2. The Labute approximate surface area is 188 Å². The van der Waals surface area contributed by atoms with E-state index in [0.29, 0.717) is 12.5 Å². The molecular formula is C23H27F2N3O5. The molecule has 2 aliphatic rings. The lowest BCUT2D eigenvalue weighted by atomic mass is 9.89. The van der Waals surface area contributed by atoms with Gasteiger partial charge in [0, 0.05) is 12.7 Å². The number of rotatable bonds is 6. The summed E-state index contributed by atoms with van der Waals surface area (Å²) in [6, 6.07) is -0.866. The number of nitrogens with zero attached hydrogens (tertiary/aromatic N) is 1. The summed E-state index contributed by atoms with van der Waals surface area (Å²) in [4.78, 5) is 38.4. The van der Waals surface area contributed by atoms with E-state index in [0.717, 1.165) is 31.7 Å². The van der Waals surface area contributed by atoms with Crippen molar-refractivity contribution in [1.29, 1.82) is 0 Å². The lowest BCUT2D eigenvalue weighted by molar-refractivity contribution is -0.124. The van der Waals surface area contributed by atoms with Gasteiger partial charge in [0.15, 0.2) is 11.6 Å². The number of amides is 2. The van der Waals surface area contributed by atoms with Gasteiger partial charge in [0.1, 0.15) is 18.2 Å². The summed E-state index contributed by atoms with van der Waals surface area (Å²) in [5.41, 5.74) is -1.10. The molecule has 2 heterocycles. The number of halogens is 2. The Hall–Kier alpha value is -3.01. The van der Waals surface area contributed by atoms with Crippen LogP contribution in [0.25, 0.3) is 10.9 Å². The maximum absolute atomic E-state index is 14.2. The van der Waals surface area contributed by atoms with Crippen LogP contribution >= 0.6 is 0 Å². The molecule has 0 spiro atoms. The van der Waals surface area contributed by atoms with Crippen LogP contribution in [0.5, 0.6) is 5.75 Å². The minimum absolute atomic E-state index is 0.0231. The molecular weight excluding hydrogens is 436 g/mol. The normalized spacial score (nSPS) is 19.1. The van der Waals surface area contributed by atoms with Crippen molar-refractivity contribution in [2.24, 2.45) is 5.92 Å². The molecule has 33 heavy (non-hydrogen) atoms. The van der Waals surface area contributed by atoms with Crippen molar-refractivity contribution in [1.82, 2.24) is 15.2 Å². The predicted octanol–water partition coefficient (Wildman–Crippen LogP) is 2.02. The first-order valence-electron chi connectivity index (χ1n) is 11.2. The number of carbonyl (C=O) groups excluding carboxylic acids is 2. The highest BCUT2D eigenvalue weighted by Crippen LogP contribution is 2.35. The van der Waals surface area contributed by atoms with Crippen molar-refractivity contribution >= 4 is 22.7 Å². The second-order valence-corrected chi connectivity index (χ2v) is 8.79. The van der Waals surface area contributed by atoms with Gasteiger partial charge < -0.3 is 25.0 Å². The van der Waals surface area contributed by atoms with Crippen molar-refractivity contribution in [3.05, 3.63) is 39.7 Å².